The number of benzene rings is 2. The van der Waals surface area contributed by atoms with E-state index < -0.39 is 0 Å². The van der Waals surface area contributed by atoms with E-state index in [0.29, 0.717) is 28.9 Å². The molecule has 3 aliphatic rings. The summed E-state index contributed by atoms with van der Waals surface area (Å²) in [6.07, 6.45) is 7.49. The van der Waals surface area contributed by atoms with Crippen molar-refractivity contribution in [1.82, 2.24) is 5.32 Å². The lowest BCUT2D eigenvalue weighted by molar-refractivity contribution is 0.0408. The molecule has 28 heavy (non-hydrogen) atoms. The molecule has 2 aromatic carbocycles. The predicted molar refractivity (Wildman–Crippen MR) is 111 cm³/mol. The Labute approximate surface area is 167 Å². The number of phenols is 2. The highest BCUT2D eigenvalue weighted by molar-refractivity contribution is 5.40. The Morgan fingerprint density at radius 2 is 1.86 bits per heavy atom. The molecule has 2 aromatic rings. The maximum absolute atomic E-state index is 9.86. The first kappa shape index (κ1) is 18.1. The number of aryl methyl sites for hydroxylation is 1. The first-order valence-corrected chi connectivity index (χ1v) is 10.9. The second-order valence-corrected chi connectivity index (χ2v) is 9.52. The van der Waals surface area contributed by atoms with Gasteiger partial charge >= 0.3 is 0 Å². The molecule has 0 spiro atoms. The van der Waals surface area contributed by atoms with Crippen LogP contribution in [0.25, 0.3) is 0 Å². The van der Waals surface area contributed by atoms with Gasteiger partial charge in [0.15, 0.2) is 0 Å². The number of nitrogens with one attached hydrogen (secondary N) is 1. The molecule has 5 atom stereocenters. The standard InChI is InChI=1S/C25H31NO2/c1-25-12-11-21-20-8-6-19(28)14-17(20)5-7-22(21)23(25)9-10-24(25)26-15-16-3-2-4-18(27)13-16/h2-4,6,8,13-14,21-24,26-28H,5,7,9-12,15H2,1H3/t21?,22?,23?,24-,25-/m1/s1. The number of aromatic hydroxyl groups is 2. The van der Waals surface area contributed by atoms with Crippen LogP contribution in [-0.4, -0.2) is 16.3 Å². The minimum absolute atomic E-state index is 0.349. The molecule has 3 aliphatic carbocycles. The summed E-state index contributed by atoms with van der Waals surface area (Å²) >= 11 is 0. The van der Waals surface area contributed by atoms with Gasteiger partial charge in [0.25, 0.3) is 0 Å². The molecule has 0 saturated heterocycles. The number of fused-ring (bicyclic) bond motifs is 5. The van der Waals surface area contributed by atoms with Crippen LogP contribution in [0, 0.1) is 17.3 Å². The Hall–Kier alpha value is -2.00. The fourth-order valence-corrected chi connectivity index (χ4v) is 6.81. The predicted octanol–water partition coefficient (Wildman–Crippen LogP) is 5.11. The van der Waals surface area contributed by atoms with Crippen molar-refractivity contribution < 1.29 is 10.2 Å². The summed E-state index contributed by atoms with van der Waals surface area (Å²) in [6, 6.07) is 14.2. The molecule has 3 heteroatoms. The van der Waals surface area contributed by atoms with E-state index in [1.54, 1.807) is 6.07 Å². The van der Waals surface area contributed by atoms with Gasteiger partial charge < -0.3 is 15.5 Å². The van der Waals surface area contributed by atoms with Gasteiger partial charge in [-0.15, -0.1) is 0 Å². The van der Waals surface area contributed by atoms with Gasteiger partial charge in [-0.25, -0.2) is 0 Å². The molecule has 148 valence electrons. The lowest BCUT2D eigenvalue weighted by atomic mass is 9.55. The zero-order valence-corrected chi connectivity index (χ0v) is 16.7. The summed E-state index contributed by atoms with van der Waals surface area (Å²) in [7, 11) is 0. The van der Waals surface area contributed by atoms with Gasteiger partial charge in [-0.1, -0.05) is 25.1 Å². The van der Waals surface area contributed by atoms with E-state index in [9.17, 15) is 10.2 Å². The highest BCUT2D eigenvalue weighted by Gasteiger charge is 2.54. The molecule has 0 aromatic heterocycles. The lowest BCUT2D eigenvalue weighted by Crippen LogP contribution is -2.48. The third-order valence-electron chi connectivity index (χ3n) is 8.17. The highest BCUT2D eigenvalue weighted by Crippen LogP contribution is 2.61. The fourth-order valence-electron chi connectivity index (χ4n) is 6.81. The molecule has 5 rings (SSSR count). The van der Waals surface area contributed by atoms with E-state index in [1.165, 1.54) is 43.2 Å². The van der Waals surface area contributed by atoms with Crippen LogP contribution in [0.3, 0.4) is 0 Å². The first-order valence-electron chi connectivity index (χ1n) is 10.9. The van der Waals surface area contributed by atoms with Gasteiger partial charge in [0.2, 0.25) is 0 Å². The maximum Gasteiger partial charge on any atom is 0.115 e. The number of hydrogen-bond donors (Lipinski definition) is 3. The second-order valence-electron chi connectivity index (χ2n) is 9.52. The number of phenolic OH excluding ortho intramolecular Hbond substituents is 2. The first-order chi connectivity index (χ1) is 13.5. The summed E-state index contributed by atoms with van der Waals surface area (Å²) in [5, 5.41) is 23.4. The Morgan fingerprint density at radius 3 is 2.71 bits per heavy atom. The summed E-state index contributed by atoms with van der Waals surface area (Å²) in [5.74, 6) is 3.00. The molecular weight excluding hydrogens is 346 g/mol. The van der Waals surface area contributed by atoms with Crippen molar-refractivity contribution in [1.29, 1.82) is 0 Å². The fraction of sp³-hybridized carbons (Fsp3) is 0.520. The molecule has 0 amide bonds. The van der Waals surface area contributed by atoms with Gasteiger partial charge in [-0.2, -0.15) is 0 Å². The van der Waals surface area contributed by atoms with Crippen LogP contribution in [0.4, 0.5) is 0 Å². The van der Waals surface area contributed by atoms with Crippen molar-refractivity contribution in [2.45, 2.75) is 64.0 Å². The van der Waals surface area contributed by atoms with E-state index in [1.807, 2.05) is 24.3 Å². The SMILES string of the molecule is C[C@@]12CCC3c4ccc(O)cc4CCC3C1CC[C@H]2NCc1cccc(O)c1. The van der Waals surface area contributed by atoms with Crippen LogP contribution in [0.5, 0.6) is 11.5 Å². The van der Waals surface area contributed by atoms with E-state index >= 15 is 0 Å². The number of rotatable bonds is 3. The van der Waals surface area contributed by atoms with Crippen molar-refractivity contribution in [3.05, 3.63) is 59.2 Å². The van der Waals surface area contributed by atoms with Gasteiger partial charge in [-0.05, 0) is 103 Å². The van der Waals surface area contributed by atoms with Gasteiger partial charge in [0.1, 0.15) is 11.5 Å². The quantitative estimate of drug-likeness (QED) is 0.696. The molecular formula is C25H31NO2. The largest absolute Gasteiger partial charge is 0.508 e. The summed E-state index contributed by atoms with van der Waals surface area (Å²) in [5.41, 5.74) is 4.41. The Bertz CT molecular complexity index is 879. The van der Waals surface area contributed by atoms with E-state index in [2.05, 4.69) is 24.4 Å². The normalized spacial score (nSPS) is 33.8. The molecule has 0 bridgehead atoms. The monoisotopic (exact) mass is 377 g/mol. The van der Waals surface area contributed by atoms with Crippen molar-refractivity contribution in [2.24, 2.45) is 17.3 Å². The summed E-state index contributed by atoms with van der Waals surface area (Å²) in [6.45, 7) is 3.35. The average Bonchev–Trinajstić information content (AvgIpc) is 3.02. The lowest BCUT2D eigenvalue weighted by Gasteiger charge is -2.51. The van der Waals surface area contributed by atoms with Crippen LogP contribution in [-0.2, 0) is 13.0 Å². The zero-order chi connectivity index (χ0) is 19.3. The third kappa shape index (κ3) is 2.91. The molecule has 0 aliphatic heterocycles. The smallest absolute Gasteiger partial charge is 0.115 e. The van der Waals surface area contributed by atoms with Crippen LogP contribution in [0.15, 0.2) is 42.5 Å². The number of hydrogen-bond acceptors (Lipinski definition) is 3. The van der Waals surface area contributed by atoms with E-state index in [0.717, 1.165) is 30.4 Å². The van der Waals surface area contributed by atoms with Crippen LogP contribution in [0.2, 0.25) is 0 Å². The van der Waals surface area contributed by atoms with Crippen LogP contribution in [0.1, 0.15) is 61.6 Å². The van der Waals surface area contributed by atoms with E-state index in [4.69, 9.17) is 0 Å². The van der Waals surface area contributed by atoms with Crippen LogP contribution < -0.4 is 5.32 Å². The van der Waals surface area contributed by atoms with Crippen molar-refractivity contribution in [3.63, 3.8) is 0 Å². The molecule has 3 unspecified atom stereocenters. The summed E-state index contributed by atoms with van der Waals surface area (Å²) < 4.78 is 0. The Balaban J connectivity index is 1.33. The third-order valence-corrected chi connectivity index (χ3v) is 8.17. The van der Waals surface area contributed by atoms with Crippen LogP contribution >= 0.6 is 0 Å². The minimum atomic E-state index is 0.349. The Morgan fingerprint density at radius 1 is 1.00 bits per heavy atom. The second kappa shape index (κ2) is 6.81. The van der Waals surface area contributed by atoms with Crippen molar-refractivity contribution >= 4 is 0 Å². The molecule has 3 nitrogen and oxygen atoms in total. The molecule has 3 N–H and O–H groups in total. The molecule has 0 radical (unpaired) electrons. The topological polar surface area (TPSA) is 52.5 Å². The molecule has 2 fully saturated rings. The zero-order valence-electron chi connectivity index (χ0n) is 16.7. The van der Waals surface area contributed by atoms with E-state index in [-0.39, 0.29) is 0 Å². The van der Waals surface area contributed by atoms with Crippen molar-refractivity contribution in [2.75, 3.05) is 0 Å². The highest BCUT2D eigenvalue weighted by atomic mass is 16.3. The van der Waals surface area contributed by atoms with Gasteiger partial charge in [-0.3, -0.25) is 0 Å². The molecule has 2 saturated carbocycles. The van der Waals surface area contributed by atoms with Gasteiger partial charge in [0.05, 0.1) is 0 Å². The minimum Gasteiger partial charge on any atom is -0.508 e. The van der Waals surface area contributed by atoms with Gasteiger partial charge in [0, 0.05) is 12.6 Å². The molecule has 0 heterocycles. The van der Waals surface area contributed by atoms with Crippen molar-refractivity contribution in [3.8, 4) is 11.5 Å². The Kier molecular flexibility index (Phi) is 4.39. The maximum atomic E-state index is 9.86. The average molecular weight is 378 g/mol. The summed E-state index contributed by atoms with van der Waals surface area (Å²) in [4.78, 5) is 0.